The molecule has 9 heteroatoms. The van der Waals surface area contributed by atoms with Crippen LogP contribution in [0.15, 0.2) is 60.9 Å². The van der Waals surface area contributed by atoms with Gasteiger partial charge in [0.2, 0.25) is 5.91 Å². The van der Waals surface area contributed by atoms with E-state index in [2.05, 4.69) is 26.9 Å². The maximum absolute atomic E-state index is 13.3. The summed E-state index contributed by atoms with van der Waals surface area (Å²) in [6.45, 7) is 8.20. The molecule has 3 heterocycles. The quantitative estimate of drug-likeness (QED) is 0.262. The van der Waals surface area contributed by atoms with Crippen molar-refractivity contribution in [3.05, 3.63) is 94.0 Å². The van der Waals surface area contributed by atoms with Crippen LogP contribution in [0.1, 0.15) is 52.1 Å². The molecule has 1 saturated heterocycles. The maximum Gasteiger partial charge on any atom is 0.228 e. The summed E-state index contributed by atoms with van der Waals surface area (Å²) in [6, 6.07) is 14.5. The molecule has 8 nitrogen and oxygen atoms in total. The van der Waals surface area contributed by atoms with Gasteiger partial charge in [0.25, 0.3) is 0 Å². The lowest BCUT2D eigenvalue weighted by Crippen LogP contribution is -2.32. The summed E-state index contributed by atoms with van der Waals surface area (Å²) in [5.74, 6) is -0.145. The number of benzene rings is 2. The molecule has 2 aromatic carbocycles. The highest BCUT2D eigenvalue weighted by Crippen LogP contribution is 2.21. The summed E-state index contributed by atoms with van der Waals surface area (Å²) in [5, 5.41) is 12.5. The van der Waals surface area contributed by atoms with Crippen LogP contribution in [-0.2, 0) is 24.2 Å². The highest BCUT2D eigenvalue weighted by atomic mass is 35.5. The van der Waals surface area contributed by atoms with Crippen LogP contribution in [0.3, 0.4) is 0 Å². The van der Waals surface area contributed by atoms with Gasteiger partial charge >= 0.3 is 0 Å². The minimum absolute atomic E-state index is 0.0372. The number of hydrogen-bond acceptors (Lipinski definition) is 5. The number of rotatable bonds is 10. The van der Waals surface area contributed by atoms with E-state index in [4.69, 9.17) is 16.7 Å². The third kappa shape index (κ3) is 6.69. The van der Waals surface area contributed by atoms with E-state index in [0.29, 0.717) is 22.7 Å². The Hall–Kier alpha value is -3.75. The Balaban J connectivity index is 1.22. The van der Waals surface area contributed by atoms with E-state index in [9.17, 15) is 9.59 Å². The third-order valence-corrected chi connectivity index (χ3v) is 7.86. The van der Waals surface area contributed by atoms with E-state index in [1.807, 2.05) is 43.3 Å². The number of nitrogens with one attached hydrogen (secondary N) is 1. The van der Waals surface area contributed by atoms with Gasteiger partial charge in [0, 0.05) is 36.0 Å². The SMILES string of the molecule is Cc1nn(CCN2CCCCC2)c(C)c1CC(=O)c1cccc(-n2cc(CC(=O)Nc3ccccc3Cl)cn2)c1. The normalized spacial score (nSPS) is 13.9. The first-order chi connectivity index (χ1) is 19.4. The van der Waals surface area contributed by atoms with E-state index >= 15 is 0 Å². The lowest BCUT2D eigenvalue weighted by Gasteiger charge is -2.26. The Labute approximate surface area is 239 Å². The maximum atomic E-state index is 13.3. The fourth-order valence-corrected chi connectivity index (χ4v) is 5.43. The molecule has 0 atom stereocenters. The van der Waals surface area contributed by atoms with Crippen molar-refractivity contribution in [2.45, 2.75) is 52.5 Å². The topological polar surface area (TPSA) is 85.0 Å². The summed E-state index contributed by atoms with van der Waals surface area (Å²) in [5.41, 5.74) is 5.67. The van der Waals surface area contributed by atoms with Crippen molar-refractivity contribution in [3.8, 4) is 5.69 Å². The number of halogens is 1. The molecule has 0 aliphatic carbocycles. The van der Waals surface area contributed by atoms with Crippen LogP contribution in [0.25, 0.3) is 5.69 Å². The van der Waals surface area contributed by atoms with Gasteiger partial charge < -0.3 is 10.2 Å². The second kappa shape index (κ2) is 12.6. The number of anilines is 1. The monoisotopic (exact) mass is 558 g/mol. The molecular formula is C31H35ClN6O2. The van der Waals surface area contributed by atoms with Gasteiger partial charge in [-0.2, -0.15) is 10.2 Å². The van der Waals surface area contributed by atoms with E-state index in [1.54, 1.807) is 29.2 Å². The number of amides is 1. The molecule has 0 unspecified atom stereocenters. The van der Waals surface area contributed by atoms with Gasteiger partial charge in [0.15, 0.2) is 5.78 Å². The number of aromatic nitrogens is 4. The lowest BCUT2D eigenvalue weighted by molar-refractivity contribution is -0.115. The standard InChI is InChI=1S/C31H35ClN6O2/c1-22-27(23(2)37(35-22)16-15-36-13-6-3-7-14-36)19-30(39)25-9-8-10-26(18-25)38-21-24(20-33-38)17-31(40)34-29-12-5-4-11-28(29)32/h4-5,8-12,18,20-21H,3,6-7,13-17,19H2,1-2H3,(H,34,40). The first-order valence-corrected chi connectivity index (χ1v) is 14.2. The summed E-state index contributed by atoms with van der Waals surface area (Å²) >= 11 is 6.14. The van der Waals surface area contributed by atoms with Gasteiger partial charge in [-0.05, 0) is 69.6 Å². The second-order valence-corrected chi connectivity index (χ2v) is 10.8. The number of likely N-dealkylation sites (tertiary alicyclic amines) is 1. The number of carbonyl (C=O) groups is 2. The molecule has 0 spiro atoms. The Morgan fingerprint density at radius 3 is 2.58 bits per heavy atom. The minimum Gasteiger partial charge on any atom is -0.324 e. The Bertz CT molecular complexity index is 1500. The first-order valence-electron chi connectivity index (χ1n) is 13.8. The van der Waals surface area contributed by atoms with E-state index in [-0.39, 0.29) is 18.1 Å². The van der Waals surface area contributed by atoms with Gasteiger partial charge in [-0.1, -0.05) is 42.3 Å². The van der Waals surface area contributed by atoms with Crippen molar-refractivity contribution in [3.63, 3.8) is 0 Å². The Kier molecular flexibility index (Phi) is 8.77. The molecule has 0 radical (unpaired) electrons. The number of hydrogen-bond donors (Lipinski definition) is 1. The van der Waals surface area contributed by atoms with Crippen LogP contribution in [0, 0.1) is 13.8 Å². The van der Waals surface area contributed by atoms with Crippen LogP contribution in [0.2, 0.25) is 5.02 Å². The van der Waals surface area contributed by atoms with Crippen LogP contribution in [0.4, 0.5) is 5.69 Å². The number of nitrogens with zero attached hydrogens (tertiary/aromatic N) is 5. The molecule has 2 aromatic heterocycles. The molecule has 1 aliphatic heterocycles. The van der Waals surface area contributed by atoms with Crippen molar-refractivity contribution < 1.29 is 9.59 Å². The molecule has 40 heavy (non-hydrogen) atoms. The molecular weight excluding hydrogens is 524 g/mol. The van der Waals surface area contributed by atoms with Gasteiger partial charge in [-0.25, -0.2) is 4.68 Å². The van der Waals surface area contributed by atoms with Gasteiger partial charge in [0.1, 0.15) is 0 Å². The van der Waals surface area contributed by atoms with Crippen molar-refractivity contribution in [1.29, 1.82) is 0 Å². The van der Waals surface area contributed by atoms with Gasteiger partial charge in [-0.3, -0.25) is 14.3 Å². The van der Waals surface area contributed by atoms with Crippen LogP contribution >= 0.6 is 11.6 Å². The van der Waals surface area contributed by atoms with Crippen LogP contribution in [0.5, 0.6) is 0 Å². The summed E-state index contributed by atoms with van der Waals surface area (Å²) in [7, 11) is 0. The summed E-state index contributed by atoms with van der Waals surface area (Å²) in [6.07, 6.45) is 7.79. The lowest BCUT2D eigenvalue weighted by atomic mass is 10.0. The van der Waals surface area contributed by atoms with Gasteiger partial charge in [0.05, 0.1) is 41.3 Å². The number of ketones is 1. The Morgan fingerprint density at radius 2 is 1.77 bits per heavy atom. The summed E-state index contributed by atoms with van der Waals surface area (Å²) in [4.78, 5) is 28.3. The van der Waals surface area contributed by atoms with Crippen molar-refractivity contribution in [2.24, 2.45) is 0 Å². The second-order valence-electron chi connectivity index (χ2n) is 10.4. The first kappa shape index (κ1) is 27.8. The highest BCUT2D eigenvalue weighted by Gasteiger charge is 2.18. The molecule has 1 aliphatic rings. The predicted molar refractivity (Wildman–Crippen MR) is 157 cm³/mol. The predicted octanol–water partition coefficient (Wildman–Crippen LogP) is 5.43. The Morgan fingerprint density at radius 1 is 0.975 bits per heavy atom. The third-order valence-electron chi connectivity index (χ3n) is 7.53. The average molecular weight is 559 g/mol. The number of piperidine rings is 1. The molecule has 1 fully saturated rings. The zero-order valence-corrected chi connectivity index (χ0v) is 23.8. The number of para-hydroxylation sites is 1. The van der Waals surface area contributed by atoms with Crippen molar-refractivity contribution in [1.82, 2.24) is 24.5 Å². The highest BCUT2D eigenvalue weighted by molar-refractivity contribution is 6.33. The minimum atomic E-state index is -0.182. The number of carbonyl (C=O) groups excluding carboxylic acids is 2. The summed E-state index contributed by atoms with van der Waals surface area (Å²) < 4.78 is 3.74. The molecule has 0 saturated carbocycles. The largest absolute Gasteiger partial charge is 0.324 e. The van der Waals surface area contributed by atoms with Crippen molar-refractivity contribution in [2.75, 3.05) is 25.0 Å². The number of Topliss-reactive ketones (excluding diaryl/α,β-unsaturated/α-hetero) is 1. The fourth-order valence-electron chi connectivity index (χ4n) is 5.25. The molecule has 208 valence electrons. The average Bonchev–Trinajstić information content (AvgIpc) is 3.53. The molecule has 4 aromatic rings. The van der Waals surface area contributed by atoms with Gasteiger partial charge in [-0.15, -0.1) is 0 Å². The molecule has 0 bridgehead atoms. The zero-order chi connectivity index (χ0) is 28.1. The van der Waals surface area contributed by atoms with E-state index < -0.39 is 0 Å². The van der Waals surface area contributed by atoms with E-state index in [0.717, 1.165) is 54.4 Å². The zero-order valence-electron chi connectivity index (χ0n) is 23.1. The molecule has 5 rings (SSSR count). The number of aryl methyl sites for hydroxylation is 1. The molecule has 1 N–H and O–H groups in total. The van der Waals surface area contributed by atoms with Crippen molar-refractivity contribution >= 4 is 29.0 Å². The fraction of sp³-hybridized carbons (Fsp3) is 0.355. The van der Waals surface area contributed by atoms with Crippen LogP contribution < -0.4 is 5.32 Å². The van der Waals surface area contributed by atoms with E-state index in [1.165, 1.54) is 19.3 Å². The molecule has 1 amide bonds. The smallest absolute Gasteiger partial charge is 0.228 e. The van der Waals surface area contributed by atoms with Crippen LogP contribution in [-0.4, -0.2) is 55.8 Å².